The van der Waals surface area contributed by atoms with Gasteiger partial charge in [0.2, 0.25) is 11.8 Å². The Morgan fingerprint density at radius 2 is 1.79 bits per heavy atom. The van der Waals surface area contributed by atoms with Gasteiger partial charge in [0.1, 0.15) is 0 Å². The number of carbonyl (C=O) groups is 2. The first kappa shape index (κ1) is 11.0. The summed E-state index contributed by atoms with van der Waals surface area (Å²) in [6, 6.07) is 0. The van der Waals surface area contributed by atoms with Gasteiger partial charge in [-0.25, -0.2) is 0 Å². The first-order valence-corrected chi connectivity index (χ1v) is 5.01. The van der Waals surface area contributed by atoms with Crippen molar-refractivity contribution in [1.29, 1.82) is 0 Å². The van der Waals surface area contributed by atoms with E-state index in [-0.39, 0.29) is 12.3 Å². The standard InChI is InChI=1S/C10H18N2O2/c1-10(2,9(11)14)7-8(13)12-5-3-4-6-12/h3-7H2,1-2H3,(H2,11,14). The third-order valence-electron chi connectivity index (χ3n) is 2.72. The second kappa shape index (κ2) is 3.98. The minimum atomic E-state index is -0.723. The average molecular weight is 198 g/mol. The highest BCUT2D eigenvalue weighted by Crippen LogP contribution is 2.22. The molecule has 0 aromatic carbocycles. The summed E-state index contributed by atoms with van der Waals surface area (Å²) in [5, 5.41) is 0. The lowest BCUT2D eigenvalue weighted by molar-refractivity contribution is -0.137. The van der Waals surface area contributed by atoms with E-state index < -0.39 is 11.3 Å². The van der Waals surface area contributed by atoms with E-state index in [2.05, 4.69) is 0 Å². The predicted octanol–water partition coefficient (Wildman–Crippen LogP) is 0.510. The fourth-order valence-corrected chi connectivity index (χ4v) is 1.54. The van der Waals surface area contributed by atoms with Crippen LogP contribution in [0.4, 0.5) is 0 Å². The molecule has 4 heteroatoms. The van der Waals surface area contributed by atoms with Crippen molar-refractivity contribution in [3.8, 4) is 0 Å². The van der Waals surface area contributed by atoms with Gasteiger partial charge in [-0.1, -0.05) is 13.8 Å². The number of amides is 2. The summed E-state index contributed by atoms with van der Waals surface area (Å²) < 4.78 is 0. The fraction of sp³-hybridized carbons (Fsp3) is 0.800. The van der Waals surface area contributed by atoms with Crippen LogP contribution < -0.4 is 5.73 Å². The minimum absolute atomic E-state index is 0.0475. The zero-order valence-corrected chi connectivity index (χ0v) is 8.88. The Labute approximate surface area is 84.4 Å². The van der Waals surface area contributed by atoms with Gasteiger partial charge in [-0.15, -0.1) is 0 Å². The van der Waals surface area contributed by atoms with Crippen LogP contribution in [0.1, 0.15) is 33.1 Å². The molecule has 1 saturated heterocycles. The van der Waals surface area contributed by atoms with Gasteiger partial charge in [-0.2, -0.15) is 0 Å². The number of likely N-dealkylation sites (tertiary alicyclic amines) is 1. The predicted molar refractivity (Wildman–Crippen MR) is 53.4 cm³/mol. The molecule has 2 amide bonds. The van der Waals surface area contributed by atoms with Crippen LogP contribution in [-0.2, 0) is 9.59 Å². The Morgan fingerprint density at radius 3 is 2.21 bits per heavy atom. The number of nitrogens with two attached hydrogens (primary N) is 1. The normalized spacial score (nSPS) is 17.1. The second-order valence-corrected chi connectivity index (χ2v) is 4.51. The Bertz CT molecular complexity index is 243. The highest BCUT2D eigenvalue weighted by Gasteiger charge is 2.31. The zero-order chi connectivity index (χ0) is 10.8. The highest BCUT2D eigenvalue weighted by molar-refractivity contribution is 5.87. The van der Waals surface area contributed by atoms with Crippen molar-refractivity contribution in [2.24, 2.45) is 11.1 Å². The average Bonchev–Trinajstić information content (AvgIpc) is 2.54. The van der Waals surface area contributed by atoms with Crippen LogP contribution in [0.25, 0.3) is 0 Å². The second-order valence-electron chi connectivity index (χ2n) is 4.51. The van der Waals surface area contributed by atoms with E-state index in [4.69, 9.17) is 5.73 Å². The maximum absolute atomic E-state index is 11.7. The maximum Gasteiger partial charge on any atom is 0.223 e. The van der Waals surface area contributed by atoms with Crippen LogP contribution in [-0.4, -0.2) is 29.8 Å². The number of hydrogen-bond donors (Lipinski definition) is 1. The van der Waals surface area contributed by atoms with Crippen molar-refractivity contribution >= 4 is 11.8 Å². The summed E-state index contributed by atoms with van der Waals surface area (Å²) in [6.07, 6.45) is 2.37. The van der Waals surface area contributed by atoms with Crippen molar-refractivity contribution in [2.75, 3.05) is 13.1 Å². The monoisotopic (exact) mass is 198 g/mol. The third kappa shape index (κ3) is 2.47. The molecule has 0 saturated carbocycles. The Balaban J connectivity index is 2.51. The van der Waals surface area contributed by atoms with Crippen molar-refractivity contribution in [1.82, 2.24) is 4.90 Å². The zero-order valence-electron chi connectivity index (χ0n) is 8.88. The van der Waals surface area contributed by atoms with Crippen LogP contribution >= 0.6 is 0 Å². The van der Waals surface area contributed by atoms with Gasteiger partial charge >= 0.3 is 0 Å². The quantitative estimate of drug-likeness (QED) is 0.718. The van der Waals surface area contributed by atoms with E-state index in [1.54, 1.807) is 13.8 Å². The van der Waals surface area contributed by atoms with Crippen LogP contribution in [0, 0.1) is 5.41 Å². The molecule has 1 aliphatic heterocycles. The summed E-state index contributed by atoms with van der Waals surface area (Å²) in [4.78, 5) is 24.5. The smallest absolute Gasteiger partial charge is 0.223 e. The maximum atomic E-state index is 11.7. The number of rotatable bonds is 3. The lowest BCUT2D eigenvalue weighted by Crippen LogP contribution is -2.38. The van der Waals surface area contributed by atoms with Gasteiger partial charge in [-0.05, 0) is 12.8 Å². The van der Waals surface area contributed by atoms with Crippen molar-refractivity contribution in [2.45, 2.75) is 33.1 Å². The number of nitrogens with zero attached hydrogens (tertiary/aromatic N) is 1. The molecule has 1 aliphatic rings. The molecule has 0 atom stereocenters. The van der Waals surface area contributed by atoms with Gasteiger partial charge in [0.05, 0.1) is 5.41 Å². The first-order chi connectivity index (χ1) is 6.43. The van der Waals surface area contributed by atoms with Crippen LogP contribution in [0.5, 0.6) is 0 Å². The van der Waals surface area contributed by atoms with Crippen LogP contribution in [0.2, 0.25) is 0 Å². The molecule has 1 fully saturated rings. The largest absolute Gasteiger partial charge is 0.369 e. The summed E-state index contributed by atoms with van der Waals surface area (Å²) in [7, 11) is 0. The fourth-order valence-electron chi connectivity index (χ4n) is 1.54. The first-order valence-electron chi connectivity index (χ1n) is 5.01. The topological polar surface area (TPSA) is 63.4 Å². The minimum Gasteiger partial charge on any atom is -0.369 e. The van der Waals surface area contributed by atoms with Gasteiger partial charge in [-0.3, -0.25) is 9.59 Å². The molecule has 4 nitrogen and oxygen atoms in total. The number of primary amides is 1. The molecule has 0 bridgehead atoms. The molecule has 0 spiro atoms. The van der Waals surface area contributed by atoms with Crippen molar-refractivity contribution < 1.29 is 9.59 Å². The van der Waals surface area contributed by atoms with Crippen molar-refractivity contribution in [3.63, 3.8) is 0 Å². The molecular formula is C10H18N2O2. The third-order valence-corrected chi connectivity index (χ3v) is 2.72. The molecule has 0 aliphatic carbocycles. The van der Waals surface area contributed by atoms with E-state index in [0.29, 0.717) is 0 Å². The molecule has 80 valence electrons. The van der Waals surface area contributed by atoms with Crippen LogP contribution in [0.3, 0.4) is 0 Å². The Kier molecular flexibility index (Phi) is 3.13. The number of carbonyl (C=O) groups excluding carboxylic acids is 2. The van der Waals surface area contributed by atoms with E-state index in [0.717, 1.165) is 25.9 Å². The van der Waals surface area contributed by atoms with Crippen LogP contribution in [0.15, 0.2) is 0 Å². The molecule has 0 aromatic heterocycles. The molecule has 0 unspecified atom stereocenters. The molecule has 1 heterocycles. The highest BCUT2D eigenvalue weighted by atomic mass is 16.2. The SMILES string of the molecule is CC(C)(CC(=O)N1CCCC1)C(N)=O. The molecule has 0 radical (unpaired) electrons. The van der Waals surface area contributed by atoms with Gasteiger partial charge in [0.15, 0.2) is 0 Å². The van der Waals surface area contributed by atoms with E-state index >= 15 is 0 Å². The molecular weight excluding hydrogens is 180 g/mol. The van der Waals surface area contributed by atoms with Gasteiger partial charge < -0.3 is 10.6 Å². The molecule has 2 N–H and O–H groups in total. The number of hydrogen-bond acceptors (Lipinski definition) is 2. The Hall–Kier alpha value is -1.06. The summed E-state index contributed by atoms with van der Waals surface area (Å²) in [5.41, 5.74) is 4.48. The Morgan fingerprint density at radius 1 is 1.29 bits per heavy atom. The van der Waals surface area contributed by atoms with E-state index in [9.17, 15) is 9.59 Å². The van der Waals surface area contributed by atoms with Gasteiger partial charge in [0.25, 0.3) is 0 Å². The molecule has 14 heavy (non-hydrogen) atoms. The van der Waals surface area contributed by atoms with Crippen molar-refractivity contribution in [3.05, 3.63) is 0 Å². The molecule has 0 aromatic rings. The lowest BCUT2D eigenvalue weighted by Gasteiger charge is -2.23. The summed E-state index contributed by atoms with van der Waals surface area (Å²) in [5.74, 6) is -0.364. The lowest BCUT2D eigenvalue weighted by atomic mass is 9.88. The van der Waals surface area contributed by atoms with Gasteiger partial charge in [0, 0.05) is 19.5 Å². The summed E-state index contributed by atoms with van der Waals surface area (Å²) in [6.45, 7) is 5.08. The van der Waals surface area contributed by atoms with E-state index in [1.165, 1.54) is 0 Å². The molecule has 1 rings (SSSR count). The summed E-state index contributed by atoms with van der Waals surface area (Å²) >= 11 is 0. The van der Waals surface area contributed by atoms with E-state index in [1.807, 2.05) is 4.90 Å².